The summed E-state index contributed by atoms with van der Waals surface area (Å²) in [4.78, 5) is 29.8. The number of aromatic nitrogens is 1. The summed E-state index contributed by atoms with van der Waals surface area (Å²) in [6, 6.07) is 13.3. The largest absolute Gasteiger partial charge is 0.453 e. The van der Waals surface area contributed by atoms with E-state index in [4.69, 9.17) is 4.55 Å². The van der Waals surface area contributed by atoms with Crippen LogP contribution >= 0.6 is 11.3 Å². The normalized spacial score (nSPS) is 17.5. The van der Waals surface area contributed by atoms with Crippen LogP contribution in [0.25, 0.3) is 0 Å². The Morgan fingerprint density at radius 2 is 1.82 bits per heavy atom. The van der Waals surface area contributed by atoms with Crippen molar-refractivity contribution in [2.24, 2.45) is 0 Å². The molecule has 3 unspecified atom stereocenters. The molecule has 10 nitrogen and oxygen atoms in total. The zero-order valence-corrected chi connectivity index (χ0v) is 22.3. The molecule has 3 atom stereocenters. The number of nitrogens with one attached hydrogen (secondary N) is 3. The lowest BCUT2D eigenvalue weighted by Gasteiger charge is -2.22. The third-order valence-electron chi connectivity index (χ3n) is 6.03. The highest BCUT2D eigenvalue weighted by atomic mass is 32.2. The van der Waals surface area contributed by atoms with Crippen LogP contribution in [-0.4, -0.2) is 49.0 Å². The van der Waals surface area contributed by atoms with E-state index < -0.39 is 46.2 Å². The first-order valence-electron chi connectivity index (χ1n) is 11.8. The average molecular weight is 581 g/mol. The van der Waals surface area contributed by atoms with Gasteiger partial charge in [-0.1, -0.05) is 42.5 Å². The second-order valence-corrected chi connectivity index (χ2v) is 11.1. The highest BCUT2D eigenvalue weighted by molar-refractivity contribution is 7.87. The Bertz CT molecular complexity index is 1440. The fourth-order valence-corrected chi connectivity index (χ4v) is 5.38. The van der Waals surface area contributed by atoms with Crippen molar-refractivity contribution in [3.05, 3.63) is 81.8 Å². The van der Waals surface area contributed by atoms with E-state index in [9.17, 15) is 26.8 Å². The van der Waals surface area contributed by atoms with Crippen LogP contribution in [-0.2, 0) is 32.7 Å². The SMILES string of the molecule is COC(=O)NC(Cc1ccccc1)C(=O)NC(Cc1cccc(NS(=O)(=O)O)c1)c1nc(C2CC2(F)F)cs1. The molecule has 208 valence electrons. The van der Waals surface area contributed by atoms with Gasteiger partial charge in [0.05, 0.1) is 30.5 Å². The number of benzene rings is 2. The standard InChI is InChI=1S/C25H26F2N4O6S2/c1-37-24(33)30-19(11-15-6-3-2-4-7-15)22(32)28-20(23-29-21(14-38-23)18-13-25(18,26)27)12-16-8-5-9-17(10-16)31-39(34,35)36/h2-10,14,18-20,31H,11-13H2,1H3,(H,28,32)(H,30,33)(H,34,35,36). The van der Waals surface area contributed by atoms with Gasteiger partial charge in [0.25, 0.3) is 5.92 Å². The number of hydrogen-bond donors (Lipinski definition) is 4. The second kappa shape index (κ2) is 11.6. The number of carbonyl (C=O) groups is 2. The molecule has 0 saturated heterocycles. The lowest BCUT2D eigenvalue weighted by atomic mass is 10.0. The van der Waals surface area contributed by atoms with Crippen molar-refractivity contribution in [3.8, 4) is 0 Å². The van der Waals surface area contributed by atoms with Crippen LogP contribution in [0.3, 0.4) is 0 Å². The minimum absolute atomic E-state index is 0.0897. The zero-order chi connectivity index (χ0) is 28.2. The third kappa shape index (κ3) is 7.94. The third-order valence-corrected chi connectivity index (χ3v) is 7.50. The molecule has 14 heteroatoms. The second-order valence-electron chi connectivity index (χ2n) is 9.05. The fraction of sp³-hybridized carbons (Fsp3) is 0.320. The van der Waals surface area contributed by atoms with E-state index >= 15 is 0 Å². The maximum Gasteiger partial charge on any atom is 0.407 e. The van der Waals surface area contributed by atoms with E-state index in [1.807, 2.05) is 10.8 Å². The van der Waals surface area contributed by atoms with Crippen LogP contribution in [0.15, 0.2) is 60.0 Å². The van der Waals surface area contributed by atoms with Crippen molar-refractivity contribution in [2.75, 3.05) is 11.8 Å². The number of alkyl carbamates (subject to hydrolysis) is 1. The number of amides is 2. The minimum atomic E-state index is -4.51. The van der Waals surface area contributed by atoms with Gasteiger partial charge in [-0.15, -0.1) is 11.3 Å². The van der Waals surface area contributed by atoms with E-state index in [1.165, 1.54) is 24.6 Å². The molecule has 39 heavy (non-hydrogen) atoms. The van der Waals surface area contributed by atoms with Crippen LogP contribution in [0.2, 0.25) is 0 Å². The predicted molar refractivity (Wildman–Crippen MR) is 140 cm³/mol. The van der Waals surface area contributed by atoms with Crippen molar-refractivity contribution in [1.29, 1.82) is 0 Å². The molecule has 0 spiro atoms. The Morgan fingerprint density at radius 1 is 1.13 bits per heavy atom. The van der Waals surface area contributed by atoms with Gasteiger partial charge in [0.1, 0.15) is 11.0 Å². The summed E-state index contributed by atoms with van der Waals surface area (Å²) in [6.45, 7) is 0. The highest BCUT2D eigenvalue weighted by Crippen LogP contribution is 2.55. The summed E-state index contributed by atoms with van der Waals surface area (Å²) in [5.41, 5.74) is 1.66. The molecule has 1 saturated carbocycles. The molecule has 4 N–H and O–H groups in total. The molecule has 0 aliphatic heterocycles. The molecule has 1 fully saturated rings. The van der Waals surface area contributed by atoms with E-state index in [0.29, 0.717) is 10.6 Å². The number of methoxy groups -OCH3 is 1. The highest BCUT2D eigenvalue weighted by Gasteiger charge is 2.58. The molecular weight excluding hydrogens is 554 g/mol. The Balaban J connectivity index is 1.60. The van der Waals surface area contributed by atoms with Gasteiger partial charge in [0, 0.05) is 18.2 Å². The molecule has 1 aliphatic rings. The van der Waals surface area contributed by atoms with E-state index in [0.717, 1.165) is 16.9 Å². The van der Waals surface area contributed by atoms with Crippen LogP contribution in [0.5, 0.6) is 0 Å². The van der Waals surface area contributed by atoms with Crippen molar-refractivity contribution >= 4 is 39.3 Å². The molecular formula is C25H26F2N4O6S2. The number of alkyl halides is 2. The Hall–Kier alpha value is -3.62. The van der Waals surface area contributed by atoms with Crippen molar-refractivity contribution in [2.45, 2.75) is 43.2 Å². The molecule has 1 aromatic heterocycles. The lowest BCUT2D eigenvalue weighted by molar-refractivity contribution is -0.123. The summed E-state index contributed by atoms with van der Waals surface area (Å²) < 4.78 is 65.6. The smallest absolute Gasteiger partial charge is 0.407 e. The van der Waals surface area contributed by atoms with Crippen LogP contribution < -0.4 is 15.4 Å². The molecule has 0 bridgehead atoms. The van der Waals surface area contributed by atoms with Crippen LogP contribution in [0, 0.1) is 0 Å². The number of carbonyl (C=O) groups excluding carboxylic acids is 2. The predicted octanol–water partition coefficient (Wildman–Crippen LogP) is 3.85. The van der Waals surface area contributed by atoms with E-state index in [-0.39, 0.29) is 30.6 Å². The number of nitrogens with zero attached hydrogens (tertiary/aromatic N) is 1. The number of halogens is 2. The van der Waals surface area contributed by atoms with Gasteiger partial charge < -0.3 is 15.4 Å². The molecule has 1 heterocycles. The summed E-state index contributed by atoms with van der Waals surface area (Å²) in [5, 5.41) is 7.28. The fourth-order valence-electron chi connectivity index (χ4n) is 4.03. The van der Waals surface area contributed by atoms with Crippen LogP contribution in [0.1, 0.15) is 40.2 Å². The van der Waals surface area contributed by atoms with E-state index in [2.05, 4.69) is 20.4 Å². The molecule has 4 rings (SSSR count). The molecule has 1 aliphatic carbocycles. The maximum absolute atomic E-state index is 13.7. The van der Waals surface area contributed by atoms with Gasteiger partial charge in [-0.25, -0.2) is 18.6 Å². The molecule has 2 amide bonds. The first kappa shape index (κ1) is 28.4. The number of ether oxygens (including phenoxy) is 1. The zero-order valence-electron chi connectivity index (χ0n) is 20.6. The monoisotopic (exact) mass is 580 g/mol. The van der Waals surface area contributed by atoms with Crippen molar-refractivity contribution in [1.82, 2.24) is 15.6 Å². The Kier molecular flexibility index (Phi) is 8.47. The molecule has 0 radical (unpaired) electrons. The van der Waals surface area contributed by atoms with E-state index in [1.54, 1.807) is 36.4 Å². The summed E-state index contributed by atoms with van der Waals surface area (Å²) >= 11 is 1.11. The van der Waals surface area contributed by atoms with Gasteiger partial charge >= 0.3 is 16.4 Å². The maximum atomic E-state index is 13.7. The summed E-state index contributed by atoms with van der Waals surface area (Å²) in [7, 11) is -3.34. The number of rotatable bonds is 11. The average Bonchev–Trinajstić information content (AvgIpc) is 3.26. The van der Waals surface area contributed by atoms with Gasteiger partial charge in [-0.3, -0.25) is 14.1 Å². The molecule has 2 aromatic carbocycles. The lowest BCUT2D eigenvalue weighted by Crippen LogP contribution is -2.49. The Morgan fingerprint density at radius 3 is 2.46 bits per heavy atom. The summed E-state index contributed by atoms with van der Waals surface area (Å²) in [5.74, 6) is -4.35. The van der Waals surface area contributed by atoms with Crippen LogP contribution in [0.4, 0.5) is 19.3 Å². The Labute approximate surface area is 227 Å². The first-order valence-corrected chi connectivity index (χ1v) is 14.1. The van der Waals surface area contributed by atoms with Gasteiger partial charge in [-0.05, 0) is 29.7 Å². The number of thiazole rings is 1. The van der Waals surface area contributed by atoms with Crippen molar-refractivity contribution < 1.29 is 36.1 Å². The minimum Gasteiger partial charge on any atom is -0.453 e. The topological polar surface area (TPSA) is 147 Å². The molecule has 3 aromatic rings. The number of anilines is 1. The van der Waals surface area contributed by atoms with Crippen molar-refractivity contribution in [3.63, 3.8) is 0 Å². The van der Waals surface area contributed by atoms with Gasteiger partial charge in [0.2, 0.25) is 5.91 Å². The summed E-state index contributed by atoms with van der Waals surface area (Å²) in [6.07, 6.45) is -0.839. The first-order chi connectivity index (χ1) is 18.4. The quantitative estimate of drug-likeness (QED) is 0.252. The van der Waals surface area contributed by atoms with Gasteiger partial charge in [-0.2, -0.15) is 8.42 Å². The number of hydrogen-bond acceptors (Lipinski definition) is 7. The van der Waals surface area contributed by atoms with Gasteiger partial charge in [0.15, 0.2) is 0 Å².